The maximum Gasteiger partial charge on any atom is 0.390 e. The molecular weight excluding hydrogens is 255 g/mol. The molecule has 0 amide bonds. The van der Waals surface area contributed by atoms with Gasteiger partial charge >= 0.3 is 6.18 Å². The van der Waals surface area contributed by atoms with Crippen LogP contribution in [0, 0.1) is 0 Å². The zero-order chi connectivity index (χ0) is 13.1. The van der Waals surface area contributed by atoms with Gasteiger partial charge in [-0.05, 0) is 0 Å². The van der Waals surface area contributed by atoms with E-state index in [0.29, 0.717) is 11.6 Å². The number of rotatable bonds is 4. The van der Waals surface area contributed by atoms with E-state index in [1.54, 1.807) is 0 Å². The first-order chi connectivity index (χ1) is 7.78. The third-order valence-electron chi connectivity index (χ3n) is 1.94. The van der Waals surface area contributed by atoms with Crippen molar-refractivity contribution in [1.82, 2.24) is 9.97 Å². The molecule has 0 saturated heterocycles. The highest BCUT2D eigenvalue weighted by Gasteiger charge is 2.26. The van der Waals surface area contributed by atoms with Crippen molar-refractivity contribution >= 4 is 17.4 Å². The average Bonchev–Trinajstić information content (AvgIpc) is 2.14. The number of alkyl halides is 3. The lowest BCUT2D eigenvalue weighted by atomic mass is 10.2. The monoisotopic (exact) mass is 267 g/mol. The first-order valence-corrected chi connectivity index (χ1v) is 5.51. The Balaban J connectivity index is 2.65. The summed E-state index contributed by atoms with van der Waals surface area (Å²) in [7, 11) is 0. The quantitative estimate of drug-likeness (QED) is 0.847. The van der Waals surface area contributed by atoms with Crippen molar-refractivity contribution in [3.05, 3.63) is 17.0 Å². The highest BCUT2D eigenvalue weighted by atomic mass is 35.5. The Labute approximate surface area is 102 Å². The van der Waals surface area contributed by atoms with E-state index < -0.39 is 12.6 Å². The van der Waals surface area contributed by atoms with Gasteiger partial charge in [0.15, 0.2) is 0 Å². The summed E-state index contributed by atoms with van der Waals surface area (Å²) in [4.78, 5) is 8.06. The van der Waals surface area contributed by atoms with E-state index in [4.69, 9.17) is 11.6 Å². The Hall–Kier alpha value is -1.04. The van der Waals surface area contributed by atoms with Crippen LogP contribution in [0.4, 0.5) is 19.0 Å². The molecule has 0 aliphatic heterocycles. The van der Waals surface area contributed by atoms with Crippen LogP contribution < -0.4 is 5.32 Å². The van der Waals surface area contributed by atoms with Gasteiger partial charge in [-0.1, -0.05) is 25.4 Å². The molecule has 1 N–H and O–H groups in total. The topological polar surface area (TPSA) is 37.8 Å². The summed E-state index contributed by atoms with van der Waals surface area (Å²) in [5.41, 5.74) is 0. The maximum atomic E-state index is 11.9. The standard InChI is InChI=1S/C10H13ClF3N3/c1-6(2)9-16-7(11)5-8(17-9)15-4-3-10(12,13)14/h5-6H,3-4H2,1-2H3,(H,15,16,17). The molecule has 0 unspecified atom stereocenters. The first-order valence-electron chi connectivity index (χ1n) is 5.13. The molecule has 1 aromatic rings. The maximum absolute atomic E-state index is 11.9. The Kier molecular flexibility index (Phi) is 4.56. The summed E-state index contributed by atoms with van der Waals surface area (Å²) >= 11 is 5.75. The van der Waals surface area contributed by atoms with Crippen molar-refractivity contribution in [1.29, 1.82) is 0 Å². The minimum atomic E-state index is -4.18. The zero-order valence-electron chi connectivity index (χ0n) is 9.48. The van der Waals surface area contributed by atoms with E-state index in [9.17, 15) is 13.2 Å². The fourth-order valence-corrected chi connectivity index (χ4v) is 1.31. The molecule has 1 aromatic heterocycles. The van der Waals surface area contributed by atoms with Gasteiger partial charge in [-0.3, -0.25) is 0 Å². The molecule has 0 radical (unpaired) electrons. The lowest BCUT2D eigenvalue weighted by Crippen LogP contribution is -2.15. The third kappa shape index (κ3) is 5.21. The van der Waals surface area contributed by atoms with Gasteiger partial charge in [0.25, 0.3) is 0 Å². The highest BCUT2D eigenvalue weighted by molar-refractivity contribution is 6.29. The second-order valence-electron chi connectivity index (χ2n) is 3.88. The summed E-state index contributed by atoms with van der Waals surface area (Å²) in [6.45, 7) is 3.53. The minimum Gasteiger partial charge on any atom is -0.370 e. The van der Waals surface area contributed by atoms with Crippen molar-refractivity contribution in [2.24, 2.45) is 0 Å². The van der Waals surface area contributed by atoms with Gasteiger partial charge in [-0.2, -0.15) is 13.2 Å². The Morgan fingerprint density at radius 3 is 2.53 bits per heavy atom. The van der Waals surface area contributed by atoms with E-state index in [2.05, 4.69) is 15.3 Å². The van der Waals surface area contributed by atoms with Crippen LogP contribution in [-0.4, -0.2) is 22.7 Å². The normalized spacial score (nSPS) is 11.9. The van der Waals surface area contributed by atoms with Crippen LogP contribution >= 0.6 is 11.6 Å². The predicted molar refractivity (Wildman–Crippen MR) is 60.3 cm³/mol. The smallest absolute Gasteiger partial charge is 0.370 e. The minimum absolute atomic E-state index is 0.0665. The molecule has 96 valence electrons. The van der Waals surface area contributed by atoms with Gasteiger partial charge in [0.05, 0.1) is 6.42 Å². The lowest BCUT2D eigenvalue weighted by Gasteiger charge is -2.10. The van der Waals surface area contributed by atoms with E-state index in [1.807, 2.05) is 13.8 Å². The highest BCUT2D eigenvalue weighted by Crippen LogP contribution is 2.20. The number of halogens is 4. The summed E-state index contributed by atoms with van der Waals surface area (Å²) in [6, 6.07) is 1.41. The van der Waals surface area contributed by atoms with Crippen LogP contribution in [0.25, 0.3) is 0 Å². The molecule has 7 heteroatoms. The second kappa shape index (κ2) is 5.53. The molecule has 0 bridgehead atoms. The van der Waals surface area contributed by atoms with Gasteiger partial charge in [0.2, 0.25) is 0 Å². The Bertz CT molecular complexity index is 380. The largest absolute Gasteiger partial charge is 0.390 e. The van der Waals surface area contributed by atoms with Crippen molar-refractivity contribution in [2.75, 3.05) is 11.9 Å². The van der Waals surface area contributed by atoms with Gasteiger partial charge in [-0.15, -0.1) is 0 Å². The first kappa shape index (κ1) is 14.0. The van der Waals surface area contributed by atoms with Crippen LogP contribution in [-0.2, 0) is 0 Å². The van der Waals surface area contributed by atoms with Gasteiger partial charge < -0.3 is 5.32 Å². The number of nitrogens with one attached hydrogen (secondary N) is 1. The van der Waals surface area contributed by atoms with E-state index in [0.717, 1.165) is 0 Å². The van der Waals surface area contributed by atoms with E-state index in [-0.39, 0.29) is 17.6 Å². The molecular formula is C10H13ClF3N3. The van der Waals surface area contributed by atoms with Crippen molar-refractivity contribution < 1.29 is 13.2 Å². The summed E-state index contributed by atoms with van der Waals surface area (Å²) in [6.07, 6.45) is -5.09. The van der Waals surface area contributed by atoms with Gasteiger partial charge in [-0.25, -0.2) is 9.97 Å². The number of aromatic nitrogens is 2. The fraction of sp³-hybridized carbons (Fsp3) is 0.600. The van der Waals surface area contributed by atoms with Crippen LogP contribution in [0.3, 0.4) is 0 Å². The van der Waals surface area contributed by atoms with Crippen LogP contribution in [0.15, 0.2) is 6.07 Å². The number of hydrogen-bond acceptors (Lipinski definition) is 3. The van der Waals surface area contributed by atoms with Gasteiger partial charge in [0.1, 0.15) is 16.8 Å². The SMILES string of the molecule is CC(C)c1nc(Cl)cc(NCCC(F)(F)F)n1. The molecule has 1 rings (SSSR count). The second-order valence-corrected chi connectivity index (χ2v) is 4.27. The predicted octanol–water partition coefficient (Wildman–Crippen LogP) is 3.62. The molecule has 0 saturated carbocycles. The van der Waals surface area contributed by atoms with E-state index in [1.165, 1.54) is 6.07 Å². The summed E-state index contributed by atoms with van der Waals surface area (Å²) in [5.74, 6) is 0.891. The third-order valence-corrected chi connectivity index (χ3v) is 2.14. The van der Waals surface area contributed by atoms with Crippen LogP contribution in [0.5, 0.6) is 0 Å². The summed E-state index contributed by atoms with van der Waals surface area (Å²) in [5, 5.41) is 2.80. The Morgan fingerprint density at radius 1 is 1.35 bits per heavy atom. The Morgan fingerprint density at radius 2 is 2.00 bits per heavy atom. The molecule has 1 heterocycles. The van der Waals surface area contributed by atoms with Gasteiger partial charge in [0, 0.05) is 18.5 Å². The zero-order valence-corrected chi connectivity index (χ0v) is 10.2. The molecule has 0 aliphatic rings. The van der Waals surface area contributed by atoms with Crippen molar-refractivity contribution in [3.8, 4) is 0 Å². The molecule has 0 fully saturated rings. The van der Waals surface area contributed by atoms with Crippen LogP contribution in [0.1, 0.15) is 32.0 Å². The molecule has 0 aromatic carbocycles. The lowest BCUT2D eigenvalue weighted by molar-refractivity contribution is -0.131. The fourth-order valence-electron chi connectivity index (χ4n) is 1.12. The molecule has 17 heavy (non-hydrogen) atoms. The van der Waals surface area contributed by atoms with Crippen LogP contribution in [0.2, 0.25) is 5.15 Å². The van der Waals surface area contributed by atoms with Crippen molar-refractivity contribution in [2.45, 2.75) is 32.4 Å². The number of anilines is 1. The number of hydrogen-bond donors (Lipinski definition) is 1. The summed E-state index contributed by atoms with van der Waals surface area (Å²) < 4.78 is 35.8. The number of nitrogens with zero attached hydrogens (tertiary/aromatic N) is 2. The molecule has 0 spiro atoms. The molecule has 0 atom stereocenters. The average molecular weight is 268 g/mol. The molecule has 3 nitrogen and oxygen atoms in total. The van der Waals surface area contributed by atoms with Crippen molar-refractivity contribution in [3.63, 3.8) is 0 Å². The van der Waals surface area contributed by atoms with E-state index >= 15 is 0 Å². The molecule has 0 aliphatic carbocycles.